The van der Waals surface area contributed by atoms with Crippen LogP contribution in [0.5, 0.6) is 0 Å². The van der Waals surface area contributed by atoms with Gasteiger partial charge in [-0.3, -0.25) is 0 Å². The van der Waals surface area contributed by atoms with Gasteiger partial charge in [-0.05, 0) is 31.7 Å². The number of hydrogen-bond donors (Lipinski definition) is 1. The van der Waals surface area contributed by atoms with Crippen molar-refractivity contribution in [2.24, 2.45) is 11.7 Å². The summed E-state index contributed by atoms with van der Waals surface area (Å²) < 4.78 is 26.6. The molecule has 1 aliphatic carbocycles. The Hall–Kier alpha value is -0.170. The molecule has 1 aliphatic rings. The Morgan fingerprint density at radius 2 is 1.87 bits per heavy atom. The van der Waals surface area contributed by atoms with Crippen LogP contribution in [-0.2, 0) is 10.2 Å². The molecule has 0 heterocycles. The van der Waals surface area contributed by atoms with E-state index in [2.05, 4.69) is 0 Å². The van der Waals surface area contributed by atoms with Crippen LogP contribution in [0.4, 0.5) is 0 Å². The molecule has 6 heteroatoms. The Kier molecular flexibility index (Phi) is 4.51. The molecule has 0 saturated heterocycles. The summed E-state index contributed by atoms with van der Waals surface area (Å²) in [7, 11) is -0.00420. The van der Waals surface area contributed by atoms with E-state index in [-0.39, 0.29) is 0 Å². The Bertz CT molecular complexity index is 288. The zero-order valence-electron chi connectivity index (χ0n) is 9.52. The summed E-state index contributed by atoms with van der Waals surface area (Å²) in [5.74, 6) is 0.577. The second kappa shape index (κ2) is 5.25. The lowest BCUT2D eigenvalue weighted by Crippen LogP contribution is -2.41. The van der Waals surface area contributed by atoms with Crippen LogP contribution in [0, 0.1) is 5.92 Å². The van der Waals surface area contributed by atoms with Crippen molar-refractivity contribution >= 4 is 10.2 Å². The summed E-state index contributed by atoms with van der Waals surface area (Å²) in [6.07, 6.45) is 3.02. The largest absolute Gasteiger partial charge is 0.330 e. The highest BCUT2D eigenvalue weighted by atomic mass is 32.2. The van der Waals surface area contributed by atoms with E-state index in [1.165, 1.54) is 8.61 Å². The Morgan fingerprint density at radius 1 is 1.27 bits per heavy atom. The maximum Gasteiger partial charge on any atom is 0.281 e. The molecule has 0 spiro atoms. The van der Waals surface area contributed by atoms with Gasteiger partial charge in [0, 0.05) is 27.2 Å². The van der Waals surface area contributed by atoms with E-state index in [9.17, 15) is 8.42 Å². The minimum Gasteiger partial charge on any atom is -0.330 e. The Labute approximate surface area is 92.4 Å². The molecule has 0 radical (unpaired) electrons. The molecule has 1 saturated carbocycles. The third-order valence-corrected chi connectivity index (χ3v) is 4.58. The first-order valence-corrected chi connectivity index (χ1v) is 6.76. The second-order valence-electron chi connectivity index (χ2n) is 4.20. The highest BCUT2D eigenvalue weighted by Gasteiger charge is 2.30. The van der Waals surface area contributed by atoms with Crippen LogP contribution in [0.1, 0.15) is 19.3 Å². The first-order valence-electron chi connectivity index (χ1n) is 5.36. The maximum atomic E-state index is 11.9. The molecule has 0 amide bonds. The van der Waals surface area contributed by atoms with E-state index in [1.54, 1.807) is 14.1 Å². The van der Waals surface area contributed by atoms with Crippen molar-refractivity contribution in [3.8, 4) is 0 Å². The smallest absolute Gasteiger partial charge is 0.281 e. The summed E-state index contributed by atoms with van der Waals surface area (Å²) in [4.78, 5) is 0. The van der Waals surface area contributed by atoms with Crippen molar-refractivity contribution in [1.29, 1.82) is 0 Å². The topological polar surface area (TPSA) is 66.6 Å². The first-order chi connectivity index (χ1) is 6.98. The van der Waals surface area contributed by atoms with Crippen LogP contribution in [0.25, 0.3) is 0 Å². The molecule has 90 valence electrons. The van der Waals surface area contributed by atoms with Gasteiger partial charge in [0.2, 0.25) is 0 Å². The molecule has 0 aromatic carbocycles. The van der Waals surface area contributed by atoms with Crippen molar-refractivity contribution in [2.75, 3.05) is 33.7 Å². The molecule has 0 aliphatic heterocycles. The minimum absolute atomic E-state index is 0.494. The van der Waals surface area contributed by atoms with Gasteiger partial charge in [0.25, 0.3) is 10.2 Å². The lowest BCUT2D eigenvalue weighted by atomic mass is 10.4. The average molecular weight is 235 g/mol. The number of nitrogens with two attached hydrogens (primary N) is 1. The predicted octanol–water partition coefficient (Wildman–Crippen LogP) is -0.146. The van der Waals surface area contributed by atoms with Crippen LogP contribution < -0.4 is 5.73 Å². The van der Waals surface area contributed by atoms with Gasteiger partial charge in [0.1, 0.15) is 0 Å². The quantitative estimate of drug-likeness (QED) is 0.667. The Balaban J connectivity index is 2.46. The van der Waals surface area contributed by atoms with E-state index in [0.29, 0.717) is 32.0 Å². The van der Waals surface area contributed by atoms with Crippen LogP contribution in [0.2, 0.25) is 0 Å². The Morgan fingerprint density at radius 3 is 2.33 bits per heavy atom. The fourth-order valence-corrected chi connectivity index (χ4v) is 2.66. The normalized spacial score (nSPS) is 17.7. The number of rotatable bonds is 7. The van der Waals surface area contributed by atoms with Crippen molar-refractivity contribution in [2.45, 2.75) is 19.3 Å². The third kappa shape index (κ3) is 3.71. The van der Waals surface area contributed by atoms with Gasteiger partial charge in [-0.2, -0.15) is 17.0 Å². The zero-order chi connectivity index (χ0) is 11.5. The molecule has 0 unspecified atom stereocenters. The van der Waals surface area contributed by atoms with E-state index < -0.39 is 10.2 Å². The van der Waals surface area contributed by atoms with Crippen molar-refractivity contribution in [3.63, 3.8) is 0 Å². The molecule has 2 N–H and O–H groups in total. The first kappa shape index (κ1) is 12.9. The van der Waals surface area contributed by atoms with Crippen LogP contribution in [-0.4, -0.2) is 50.8 Å². The molecule has 0 atom stereocenters. The maximum absolute atomic E-state index is 11.9. The molecule has 1 fully saturated rings. The van der Waals surface area contributed by atoms with Crippen LogP contribution >= 0.6 is 0 Å². The molecule has 0 aromatic heterocycles. The van der Waals surface area contributed by atoms with Gasteiger partial charge in [-0.25, -0.2) is 0 Å². The lowest BCUT2D eigenvalue weighted by molar-refractivity contribution is 0.382. The molecule has 1 rings (SSSR count). The average Bonchev–Trinajstić information content (AvgIpc) is 2.97. The number of nitrogens with zero attached hydrogens (tertiary/aromatic N) is 2. The van der Waals surface area contributed by atoms with Gasteiger partial charge in [0.15, 0.2) is 0 Å². The van der Waals surface area contributed by atoms with Crippen molar-refractivity contribution in [3.05, 3.63) is 0 Å². The standard InChI is InChI=1S/C9H21N3O2S/c1-11(7-3-6-10)15(13,14)12(2)8-9-4-5-9/h9H,3-8,10H2,1-2H3. The zero-order valence-corrected chi connectivity index (χ0v) is 10.3. The molecular formula is C9H21N3O2S. The van der Waals surface area contributed by atoms with E-state index in [4.69, 9.17) is 5.73 Å². The van der Waals surface area contributed by atoms with Crippen LogP contribution in [0.3, 0.4) is 0 Å². The summed E-state index contributed by atoms with van der Waals surface area (Å²) in [6, 6.07) is 0. The van der Waals surface area contributed by atoms with Crippen molar-refractivity contribution < 1.29 is 8.42 Å². The van der Waals surface area contributed by atoms with E-state index in [1.807, 2.05) is 0 Å². The van der Waals surface area contributed by atoms with E-state index in [0.717, 1.165) is 12.8 Å². The number of hydrogen-bond acceptors (Lipinski definition) is 3. The fraction of sp³-hybridized carbons (Fsp3) is 1.00. The SMILES string of the molecule is CN(CCCN)S(=O)(=O)N(C)CC1CC1. The molecular weight excluding hydrogens is 214 g/mol. The predicted molar refractivity (Wildman–Crippen MR) is 60.6 cm³/mol. The highest BCUT2D eigenvalue weighted by Crippen LogP contribution is 2.30. The lowest BCUT2D eigenvalue weighted by Gasteiger charge is -2.24. The van der Waals surface area contributed by atoms with Gasteiger partial charge >= 0.3 is 0 Å². The summed E-state index contributed by atoms with van der Waals surface area (Å²) in [6.45, 7) is 1.66. The van der Waals surface area contributed by atoms with Gasteiger partial charge < -0.3 is 5.73 Å². The summed E-state index contributed by atoms with van der Waals surface area (Å²) >= 11 is 0. The highest BCUT2D eigenvalue weighted by molar-refractivity contribution is 7.86. The molecule has 5 nitrogen and oxygen atoms in total. The monoisotopic (exact) mass is 235 g/mol. The fourth-order valence-electron chi connectivity index (χ4n) is 1.43. The molecule has 0 bridgehead atoms. The van der Waals surface area contributed by atoms with Crippen LogP contribution in [0.15, 0.2) is 0 Å². The van der Waals surface area contributed by atoms with Gasteiger partial charge in [-0.15, -0.1) is 0 Å². The van der Waals surface area contributed by atoms with Crippen molar-refractivity contribution in [1.82, 2.24) is 8.61 Å². The second-order valence-corrected chi connectivity index (χ2v) is 6.34. The third-order valence-electron chi connectivity index (χ3n) is 2.68. The van der Waals surface area contributed by atoms with Gasteiger partial charge in [-0.1, -0.05) is 0 Å². The van der Waals surface area contributed by atoms with Gasteiger partial charge in [0.05, 0.1) is 0 Å². The molecule has 0 aromatic rings. The summed E-state index contributed by atoms with van der Waals surface area (Å²) in [5, 5.41) is 0. The minimum atomic E-state index is -3.26. The molecule has 15 heavy (non-hydrogen) atoms. The summed E-state index contributed by atoms with van der Waals surface area (Å²) in [5.41, 5.74) is 5.35. The van der Waals surface area contributed by atoms with E-state index >= 15 is 0 Å².